The van der Waals surface area contributed by atoms with E-state index in [1.54, 1.807) is 0 Å². The van der Waals surface area contributed by atoms with Crippen LogP contribution in [0.4, 0.5) is 17.1 Å². The molecule has 0 fully saturated rings. The Kier molecular flexibility index (Phi) is 3.85. The summed E-state index contributed by atoms with van der Waals surface area (Å²) < 4.78 is 0. The Morgan fingerprint density at radius 3 is 2.41 bits per heavy atom. The molecule has 0 aliphatic heterocycles. The van der Waals surface area contributed by atoms with Crippen LogP contribution in [0.2, 0.25) is 0 Å². The number of nitro groups is 2. The molecule has 0 bridgehead atoms. The van der Waals surface area contributed by atoms with Gasteiger partial charge in [0.15, 0.2) is 5.11 Å². The summed E-state index contributed by atoms with van der Waals surface area (Å²) in [5, 5.41) is 23.6. The number of hydrazine groups is 1. The van der Waals surface area contributed by atoms with Gasteiger partial charge in [-0.1, -0.05) is 0 Å². The van der Waals surface area contributed by atoms with E-state index < -0.39 is 15.5 Å². The van der Waals surface area contributed by atoms with Crippen LogP contribution in [0, 0.1) is 20.2 Å². The molecule has 0 saturated heterocycles. The number of thiocarbonyl (C=S) groups is 1. The van der Waals surface area contributed by atoms with Crippen molar-refractivity contribution in [1.82, 2.24) is 5.43 Å². The molecule has 0 spiro atoms. The van der Waals surface area contributed by atoms with Crippen LogP contribution in [-0.2, 0) is 0 Å². The zero-order chi connectivity index (χ0) is 13.0. The van der Waals surface area contributed by atoms with Gasteiger partial charge in [0, 0.05) is 6.07 Å². The second-order valence-electron chi connectivity index (χ2n) is 2.81. The second-order valence-corrected chi connectivity index (χ2v) is 3.22. The maximum atomic E-state index is 10.7. The average molecular weight is 257 g/mol. The van der Waals surface area contributed by atoms with Crippen molar-refractivity contribution >= 4 is 34.4 Å². The van der Waals surface area contributed by atoms with E-state index in [-0.39, 0.29) is 16.5 Å². The summed E-state index contributed by atoms with van der Waals surface area (Å²) in [6.07, 6.45) is 0. The number of nitrogens with zero attached hydrogens (tertiary/aromatic N) is 2. The van der Waals surface area contributed by atoms with Crippen molar-refractivity contribution in [3.8, 4) is 0 Å². The van der Waals surface area contributed by atoms with Crippen molar-refractivity contribution < 1.29 is 9.85 Å². The molecular formula is C7H7N5O4S. The summed E-state index contributed by atoms with van der Waals surface area (Å²) in [6, 6.07) is 3.13. The largest absolute Gasteiger partial charge is 0.326 e. The first-order valence-corrected chi connectivity index (χ1v) is 4.57. The Morgan fingerprint density at radius 1 is 1.29 bits per heavy atom. The topological polar surface area (TPSA) is 136 Å². The number of nitro benzene ring substituents is 2. The van der Waals surface area contributed by atoms with Crippen LogP contribution in [0.3, 0.4) is 0 Å². The zero-order valence-corrected chi connectivity index (χ0v) is 9.06. The van der Waals surface area contributed by atoms with Gasteiger partial charge in [-0.05, 0) is 18.3 Å². The van der Waals surface area contributed by atoms with Gasteiger partial charge in [-0.25, -0.2) is 5.84 Å². The summed E-state index contributed by atoms with van der Waals surface area (Å²) in [7, 11) is 0. The highest BCUT2D eigenvalue weighted by molar-refractivity contribution is 7.80. The number of rotatable bonds is 3. The van der Waals surface area contributed by atoms with Crippen LogP contribution in [0.5, 0.6) is 0 Å². The number of hydrogen-bond acceptors (Lipinski definition) is 6. The number of nitrogens with one attached hydrogen (secondary N) is 2. The molecule has 0 saturated carbocycles. The molecule has 0 aliphatic carbocycles. The molecule has 0 atom stereocenters. The number of anilines is 1. The van der Waals surface area contributed by atoms with Crippen LogP contribution < -0.4 is 16.6 Å². The van der Waals surface area contributed by atoms with Crippen molar-refractivity contribution in [2.45, 2.75) is 0 Å². The highest BCUT2D eigenvalue weighted by Crippen LogP contribution is 2.28. The van der Waals surface area contributed by atoms with Crippen LogP contribution in [0.25, 0.3) is 0 Å². The fourth-order valence-electron chi connectivity index (χ4n) is 1.05. The maximum absolute atomic E-state index is 10.7. The molecule has 1 aromatic carbocycles. The van der Waals surface area contributed by atoms with Gasteiger partial charge in [-0.2, -0.15) is 0 Å². The highest BCUT2D eigenvalue weighted by Gasteiger charge is 2.19. The predicted molar refractivity (Wildman–Crippen MR) is 63.3 cm³/mol. The minimum Gasteiger partial charge on any atom is -0.326 e. The molecule has 0 amide bonds. The Bertz CT molecular complexity index is 491. The molecule has 0 heterocycles. The third kappa shape index (κ3) is 3.06. The van der Waals surface area contributed by atoms with Crippen molar-refractivity contribution in [3.05, 3.63) is 38.4 Å². The first-order chi connectivity index (χ1) is 7.95. The first-order valence-electron chi connectivity index (χ1n) is 4.16. The van der Waals surface area contributed by atoms with E-state index in [1.807, 2.05) is 0 Å². The molecule has 0 unspecified atom stereocenters. The van der Waals surface area contributed by atoms with Gasteiger partial charge >= 0.3 is 0 Å². The highest BCUT2D eigenvalue weighted by atomic mass is 32.1. The standard InChI is InChI=1S/C7H7N5O4S/c8-10-7(17)9-5-2-1-4(11(13)14)3-6(5)12(15)16/h1-3H,8H2,(H2,9,10,17). The summed E-state index contributed by atoms with van der Waals surface area (Å²) in [4.78, 5) is 19.7. The fourth-order valence-corrected chi connectivity index (χ4v) is 1.16. The summed E-state index contributed by atoms with van der Waals surface area (Å²) in [6.45, 7) is 0. The number of hydrogen-bond donors (Lipinski definition) is 3. The van der Waals surface area contributed by atoms with Crippen molar-refractivity contribution in [3.63, 3.8) is 0 Å². The van der Waals surface area contributed by atoms with E-state index in [9.17, 15) is 20.2 Å². The smallest absolute Gasteiger partial charge is 0.299 e. The third-order valence-corrected chi connectivity index (χ3v) is 1.99. The summed E-state index contributed by atoms with van der Waals surface area (Å²) >= 11 is 4.66. The SMILES string of the molecule is NNC(=S)Nc1ccc([N+](=O)[O-])cc1[N+](=O)[O-]. The number of non-ortho nitro benzene ring substituents is 1. The lowest BCUT2D eigenvalue weighted by atomic mass is 10.2. The van der Waals surface area contributed by atoms with Crippen LogP contribution in [-0.4, -0.2) is 15.0 Å². The Morgan fingerprint density at radius 2 is 1.94 bits per heavy atom. The van der Waals surface area contributed by atoms with Gasteiger partial charge in [0.2, 0.25) is 0 Å². The quantitative estimate of drug-likeness (QED) is 0.311. The lowest BCUT2D eigenvalue weighted by Crippen LogP contribution is -2.34. The molecular weight excluding hydrogens is 250 g/mol. The molecule has 10 heteroatoms. The van der Waals surface area contributed by atoms with E-state index in [4.69, 9.17) is 5.84 Å². The molecule has 17 heavy (non-hydrogen) atoms. The van der Waals surface area contributed by atoms with Gasteiger partial charge in [-0.15, -0.1) is 0 Å². The van der Waals surface area contributed by atoms with E-state index in [1.165, 1.54) is 6.07 Å². The number of nitrogens with two attached hydrogens (primary N) is 1. The fraction of sp³-hybridized carbons (Fsp3) is 0. The normalized spacial score (nSPS) is 9.47. The molecule has 0 aromatic heterocycles. The van der Waals surface area contributed by atoms with E-state index >= 15 is 0 Å². The molecule has 4 N–H and O–H groups in total. The molecule has 0 radical (unpaired) electrons. The average Bonchev–Trinajstić information content (AvgIpc) is 2.28. The lowest BCUT2D eigenvalue weighted by Gasteiger charge is -2.06. The van der Waals surface area contributed by atoms with Gasteiger partial charge < -0.3 is 10.7 Å². The van der Waals surface area contributed by atoms with Gasteiger partial charge in [0.1, 0.15) is 5.69 Å². The summed E-state index contributed by atoms with van der Waals surface area (Å²) in [5.41, 5.74) is 1.26. The third-order valence-electron chi connectivity index (χ3n) is 1.77. The predicted octanol–water partition coefficient (Wildman–Crippen LogP) is 0.663. The molecule has 90 valence electrons. The van der Waals surface area contributed by atoms with Crippen molar-refractivity contribution in [1.29, 1.82) is 0 Å². The molecule has 1 rings (SSSR count). The Labute approximate surface area is 99.9 Å². The van der Waals surface area contributed by atoms with E-state index in [0.717, 1.165) is 12.1 Å². The summed E-state index contributed by atoms with van der Waals surface area (Å²) in [5.74, 6) is 4.99. The maximum Gasteiger partial charge on any atom is 0.299 e. The van der Waals surface area contributed by atoms with Gasteiger partial charge in [-0.3, -0.25) is 20.2 Å². The monoisotopic (exact) mass is 257 g/mol. The van der Waals surface area contributed by atoms with Crippen LogP contribution in [0.1, 0.15) is 0 Å². The van der Waals surface area contributed by atoms with Crippen molar-refractivity contribution in [2.24, 2.45) is 5.84 Å². The molecule has 0 aliphatic rings. The first kappa shape index (κ1) is 12.7. The van der Waals surface area contributed by atoms with Crippen LogP contribution in [0.15, 0.2) is 18.2 Å². The van der Waals surface area contributed by atoms with E-state index in [0.29, 0.717) is 0 Å². The molecule has 1 aromatic rings. The minimum atomic E-state index is -0.755. The van der Waals surface area contributed by atoms with Crippen LogP contribution >= 0.6 is 12.2 Å². The Hall–Kier alpha value is -2.33. The molecule has 9 nitrogen and oxygen atoms in total. The van der Waals surface area contributed by atoms with Gasteiger partial charge in [0.05, 0.1) is 15.9 Å². The van der Waals surface area contributed by atoms with Gasteiger partial charge in [0.25, 0.3) is 11.4 Å². The minimum absolute atomic E-state index is 0.0172. The lowest BCUT2D eigenvalue weighted by molar-refractivity contribution is -0.393. The van der Waals surface area contributed by atoms with Crippen molar-refractivity contribution in [2.75, 3.05) is 5.32 Å². The van der Waals surface area contributed by atoms with E-state index in [2.05, 4.69) is 23.0 Å². The second kappa shape index (κ2) is 5.14. The zero-order valence-electron chi connectivity index (χ0n) is 8.25. The number of benzene rings is 1. The Balaban J connectivity index is 3.17.